The molecule has 7 N–H and O–H groups in total. The van der Waals surface area contributed by atoms with Crippen LogP contribution in [-0.2, 0) is 9.47 Å². The van der Waals surface area contributed by atoms with E-state index < -0.39 is 0 Å². The minimum absolute atomic E-state index is 0.0145. The van der Waals surface area contributed by atoms with Crippen molar-refractivity contribution in [1.29, 1.82) is 0 Å². The van der Waals surface area contributed by atoms with E-state index in [0.717, 1.165) is 228 Å². The molecule has 24 rings (SSSR count). The highest BCUT2D eigenvalue weighted by Gasteiger charge is 2.29. The number of aromatic amines is 5. The number of pyridine rings is 5. The molecule has 0 unspecified atom stereocenters. The Morgan fingerprint density at radius 2 is 0.664 bits per heavy atom. The molecule has 0 bridgehead atoms. The monoisotopic (exact) mass is 1950 g/mol. The standard InChI is InChI=1S/C23H25N5S.C22H20N4O2S.C21H19N5OS.C21H18N4O2S.C20H18N4OS/c1-28(14-16-7-9-24-10-8-16)23-27-21(15-29-23)20-13-26-22-19(20)11-18(12-25-22)17-5-3-2-4-6-17;1-14-19(25-21(29-14)22(27)26-7-9-28-10-8-26)18-13-24-20-17(18)11-16(12-23-20)15-5-3-2-4-6-15;27-21(26-8-6-22-7-9-26)20-25-18(13-28-20)17-12-24-19-16(17)10-15(11-23-19)14-4-2-1-3-5-14;26-21(25-6-8-27-9-7-25)20-24-18(13-28-20)17-12-23-19-16(17)10-15(11-22-19)14-4-2-1-3-5-14;1-12-17(23-19(26-12)20(25)24(2)3)16-11-22-18-15(16)9-14(10-21-18)13-7-5-4-6-8-13/h2-6,11-13,15-16,24H,7-10,14H2,1H3,(H,25,26);2-6,11-13H,7-10H2,1H3,(H,23,24);1-5,10-13,22H,6-9H2,(H,23,24);1-5,10-13H,6-9H2,(H,22,23);4-11H,1-3H3,(H,21,22). The number of nitrogens with zero attached hydrogens (tertiary/aromatic N) is 15. The molecule has 0 atom stereocenters. The molecule has 28 nitrogen and oxygen atoms in total. The van der Waals surface area contributed by atoms with Gasteiger partial charge in [0.15, 0.2) is 25.2 Å². The van der Waals surface area contributed by atoms with Crippen LogP contribution in [-0.4, -0.2) is 238 Å². The number of piperazine rings is 1. The van der Waals surface area contributed by atoms with Crippen molar-refractivity contribution in [3.8, 4) is 112 Å². The average Bonchev–Trinajstić information content (AvgIpc) is 1.64. The maximum atomic E-state index is 12.8. The molecule has 4 aliphatic heterocycles. The maximum Gasteiger partial charge on any atom is 0.283 e. The van der Waals surface area contributed by atoms with Crippen molar-refractivity contribution >= 4 is 141 Å². The third-order valence-corrected chi connectivity index (χ3v) is 29.6. The average molecular weight is 1950 g/mol. The summed E-state index contributed by atoms with van der Waals surface area (Å²) in [4.78, 5) is 124. The van der Waals surface area contributed by atoms with Crippen molar-refractivity contribution < 1.29 is 28.7 Å². The molecule has 19 heterocycles. The van der Waals surface area contributed by atoms with Crippen LogP contribution in [0.15, 0.2) is 260 Å². The zero-order valence-corrected chi connectivity index (χ0v) is 81.7. The molecule has 704 valence electrons. The van der Waals surface area contributed by atoms with Gasteiger partial charge < -0.3 is 69.5 Å². The Morgan fingerprint density at radius 3 is 1.03 bits per heavy atom. The molecular formula is C107H100N22O6S5. The Morgan fingerprint density at radius 1 is 0.357 bits per heavy atom. The lowest BCUT2D eigenvalue weighted by Gasteiger charge is -2.27. The van der Waals surface area contributed by atoms with Gasteiger partial charge in [-0.15, -0.1) is 56.7 Å². The summed E-state index contributed by atoms with van der Waals surface area (Å²) in [6.07, 6.45) is 21.6. The summed E-state index contributed by atoms with van der Waals surface area (Å²) in [6.45, 7) is 15.3. The van der Waals surface area contributed by atoms with Gasteiger partial charge in [0.2, 0.25) is 0 Å². The second-order valence-electron chi connectivity index (χ2n) is 34.5. The fourth-order valence-electron chi connectivity index (χ4n) is 17.5. The number of aromatic nitrogens is 15. The Kier molecular flexibility index (Phi) is 28.3. The number of amides is 4. The second kappa shape index (κ2) is 42.7. The van der Waals surface area contributed by atoms with Crippen molar-refractivity contribution in [2.75, 3.05) is 124 Å². The van der Waals surface area contributed by atoms with E-state index in [1.165, 1.54) is 63.8 Å². The van der Waals surface area contributed by atoms with Crippen LogP contribution in [0.4, 0.5) is 5.13 Å². The highest BCUT2D eigenvalue weighted by Crippen LogP contribution is 2.41. The van der Waals surface area contributed by atoms with E-state index in [0.29, 0.717) is 72.6 Å². The van der Waals surface area contributed by atoms with E-state index in [9.17, 15) is 19.2 Å². The number of aryl methyl sites for hydroxylation is 2. The molecule has 140 heavy (non-hydrogen) atoms. The van der Waals surface area contributed by atoms with E-state index in [4.69, 9.17) is 19.4 Å². The molecule has 33 heteroatoms. The molecule has 20 aromatic rings. The minimum atomic E-state index is -0.0766. The molecule has 4 fully saturated rings. The molecule has 4 saturated heterocycles. The van der Waals surface area contributed by atoms with E-state index in [2.05, 4.69) is 196 Å². The fraction of sp³-hybridized carbons (Fsp3) is 0.215. The first kappa shape index (κ1) is 92.9. The number of hydrogen-bond acceptors (Lipinski definition) is 24. The van der Waals surface area contributed by atoms with Gasteiger partial charge in [-0.05, 0) is 104 Å². The molecule has 0 aliphatic carbocycles. The van der Waals surface area contributed by atoms with Crippen LogP contribution in [0.3, 0.4) is 0 Å². The van der Waals surface area contributed by atoms with Crippen LogP contribution in [0, 0.1) is 19.8 Å². The number of benzene rings is 5. The van der Waals surface area contributed by atoms with Crippen LogP contribution >= 0.6 is 56.7 Å². The van der Waals surface area contributed by atoms with Crippen molar-refractivity contribution in [1.82, 2.24) is 105 Å². The molecule has 0 saturated carbocycles. The van der Waals surface area contributed by atoms with Gasteiger partial charge in [-0.3, -0.25) is 19.2 Å². The maximum absolute atomic E-state index is 12.8. The van der Waals surface area contributed by atoms with Gasteiger partial charge in [0.25, 0.3) is 23.6 Å². The quantitative estimate of drug-likeness (QED) is 0.0445. The lowest BCUT2D eigenvalue weighted by atomic mass is 9.98. The van der Waals surface area contributed by atoms with Crippen LogP contribution in [0.5, 0.6) is 0 Å². The third-order valence-electron chi connectivity index (χ3n) is 25.1. The second-order valence-corrected chi connectivity index (χ2v) is 39.5. The van der Waals surface area contributed by atoms with E-state index in [-0.39, 0.29) is 23.6 Å². The number of fused-ring (bicyclic) bond motifs is 5. The van der Waals surface area contributed by atoms with Gasteiger partial charge in [0, 0.05) is 250 Å². The van der Waals surface area contributed by atoms with Crippen molar-refractivity contribution in [3.63, 3.8) is 0 Å². The number of carbonyl (C=O) groups is 4. The van der Waals surface area contributed by atoms with E-state index >= 15 is 0 Å². The molecular weight excluding hydrogens is 1850 g/mol. The topological polar surface area (TPSA) is 335 Å². The number of thiazole rings is 5. The minimum Gasteiger partial charge on any atom is -0.378 e. The number of piperidine rings is 1. The zero-order valence-electron chi connectivity index (χ0n) is 77.6. The number of ether oxygens (including phenoxy) is 2. The van der Waals surface area contributed by atoms with Crippen LogP contribution in [0.1, 0.15) is 61.8 Å². The van der Waals surface area contributed by atoms with E-state index in [1.807, 2.05) is 175 Å². The Hall–Kier alpha value is -14.8. The summed E-state index contributed by atoms with van der Waals surface area (Å²) in [5, 5.41) is 21.1. The lowest BCUT2D eigenvalue weighted by molar-refractivity contribution is 0.0301. The summed E-state index contributed by atoms with van der Waals surface area (Å²) in [7, 11) is 5.63. The number of anilines is 1. The summed E-state index contributed by atoms with van der Waals surface area (Å²) < 4.78 is 10.7. The number of rotatable bonds is 17. The highest BCUT2D eigenvalue weighted by molar-refractivity contribution is 7.15. The normalized spacial score (nSPS) is 14.0. The van der Waals surface area contributed by atoms with Crippen LogP contribution in [0.2, 0.25) is 0 Å². The number of hydrogen-bond donors (Lipinski definition) is 7. The van der Waals surface area contributed by atoms with Gasteiger partial charge in [0.05, 0.1) is 54.9 Å². The number of carbonyl (C=O) groups excluding carboxylic acids is 4. The van der Waals surface area contributed by atoms with Crippen molar-refractivity contribution in [3.05, 3.63) is 290 Å². The van der Waals surface area contributed by atoms with Gasteiger partial charge in [-0.25, -0.2) is 49.8 Å². The lowest BCUT2D eigenvalue weighted by Crippen LogP contribution is -2.46. The SMILES string of the molecule is CN(CC1CCNCC1)c1nc(-c2c[nH]c3ncc(-c4ccccc4)cc23)cs1.Cc1sc(C(=O)N(C)C)nc1-c1c[nH]c2ncc(-c3ccccc3)cc12.Cc1sc(C(=O)N2CCOCC2)nc1-c1c[nH]c2ncc(-c3ccccc3)cc12.O=C(c1nc(-c2c[nH]c3ncc(-c4ccccc4)cc23)cs1)N1CCNCC1.O=C(c1nc(-c2c[nH]c3ncc(-c4ccccc4)cc23)cs1)N1CCOCC1. The molecule has 0 radical (unpaired) electrons. The van der Waals surface area contributed by atoms with Gasteiger partial charge in [0.1, 0.15) is 28.2 Å². The van der Waals surface area contributed by atoms with Gasteiger partial charge in [-0.2, -0.15) is 0 Å². The first-order valence-corrected chi connectivity index (χ1v) is 50.7. The predicted molar refractivity (Wildman–Crippen MR) is 562 cm³/mol. The van der Waals surface area contributed by atoms with Crippen molar-refractivity contribution in [2.45, 2.75) is 26.7 Å². The summed E-state index contributed by atoms with van der Waals surface area (Å²) >= 11 is 7.37. The van der Waals surface area contributed by atoms with E-state index in [1.54, 1.807) is 35.2 Å². The summed E-state index contributed by atoms with van der Waals surface area (Å²) in [5.74, 6) is 0.644. The Balaban J connectivity index is 0.000000108. The molecule has 15 aromatic heterocycles. The Labute approximate surface area is 827 Å². The van der Waals surface area contributed by atoms with Gasteiger partial charge >= 0.3 is 0 Å². The fourth-order valence-corrected chi connectivity index (χ4v) is 21.8. The molecule has 4 aliphatic rings. The van der Waals surface area contributed by atoms with Gasteiger partial charge in [-0.1, -0.05) is 152 Å². The molecule has 0 spiro atoms. The van der Waals surface area contributed by atoms with Crippen molar-refractivity contribution in [2.24, 2.45) is 5.92 Å². The molecule has 4 amide bonds. The first-order valence-electron chi connectivity index (χ1n) is 46.5. The number of nitrogens with one attached hydrogen (secondary N) is 7. The first-order chi connectivity index (χ1) is 68.6. The number of H-pyrrole nitrogens is 5. The van der Waals surface area contributed by atoms with Crippen LogP contribution in [0.25, 0.3) is 167 Å². The molecule has 5 aromatic carbocycles. The Bertz CT molecular complexity index is 7550. The smallest absolute Gasteiger partial charge is 0.283 e. The number of morpholine rings is 2. The highest BCUT2D eigenvalue weighted by atomic mass is 32.1. The third kappa shape index (κ3) is 20.7. The zero-order chi connectivity index (χ0) is 95.5. The predicted octanol–water partition coefficient (Wildman–Crippen LogP) is 20.5. The summed E-state index contributed by atoms with van der Waals surface area (Å²) in [6, 6.07) is 61.8. The van der Waals surface area contributed by atoms with Crippen LogP contribution < -0.4 is 15.5 Å². The summed E-state index contributed by atoms with van der Waals surface area (Å²) in [5.41, 5.74) is 24.4. The largest absolute Gasteiger partial charge is 0.378 e.